The lowest BCUT2D eigenvalue weighted by atomic mass is 10.1. The molecule has 5 aromatic rings. The molecule has 5 rings (SSSR count). The molecule has 10 heteroatoms. The number of ether oxygens (including phenoxy) is 4. The van der Waals surface area contributed by atoms with Crippen molar-refractivity contribution >= 4 is 35.7 Å². The first kappa shape index (κ1) is 44.7. The van der Waals surface area contributed by atoms with Crippen LogP contribution in [-0.2, 0) is 0 Å². The van der Waals surface area contributed by atoms with Gasteiger partial charge < -0.3 is 29.2 Å². The van der Waals surface area contributed by atoms with Crippen LogP contribution in [0.25, 0.3) is 0 Å². The van der Waals surface area contributed by atoms with Crippen molar-refractivity contribution in [2.45, 2.75) is 90.9 Å². The molecule has 0 spiro atoms. The first-order chi connectivity index (χ1) is 29.3. The monoisotopic (exact) mass is 812 g/mol. The number of aromatic hydroxyl groups is 2. The lowest BCUT2D eigenvalue weighted by molar-refractivity contribution is 0.0682. The van der Waals surface area contributed by atoms with Gasteiger partial charge in [0.2, 0.25) is 0 Å². The van der Waals surface area contributed by atoms with E-state index in [0.29, 0.717) is 47.2 Å². The summed E-state index contributed by atoms with van der Waals surface area (Å²) in [7, 11) is 0. The Hall–Kier alpha value is -6.42. The van der Waals surface area contributed by atoms with Crippen LogP contribution >= 0.6 is 0 Å². The standard InChI is InChI=1S/C50H56N2O8/c1-3-5-7-9-11-15-31-57-43-29-23-39(45(53)33-43)35-51-41-25-19-37(20-26-41)49(55)59-47-17-13-14-18-48(47)60-50(56)38-21-27-42(28-22-38)52-36-40-24-30-44(34-46(40)54)58-32-16-12-10-8-6-4-2/h13-14,17-30,33-36,53-54H,3-12,15-16,31-32H2,1-2H3. The number of benzene rings is 5. The predicted molar refractivity (Wildman–Crippen MR) is 238 cm³/mol. The van der Waals surface area contributed by atoms with Gasteiger partial charge in [0.05, 0.1) is 35.7 Å². The zero-order chi connectivity index (χ0) is 42.4. The van der Waals surface area contributed by atoms with Crippen LogP contribution in [0.15, 0.2) is 119 Å². The Balaban J connectivity index is 1.09. The van der Waals surface area contributed by atoms with Gasteiger partial charge in [0.25, 0.3) is 0 Å². The summed E-state index contributed by atoms with van der Waals surface area (Å²) in [4.78, 5) is 35.1. The number of para-hydroxylation sites is 2. The van der Waals surface area contributed by atoms with Gasteiger partial charge in [0.1, 0.15) is 23.0 Å². The van der Waals surface area contributed by atoms with Gasteiger partial charge in [-0.15, -0.1) is 0 Å². The maximum Gasteiger partial charge on any atom is 0.343 e. The lowest BCUT2D eigenvalue weighted by Crippen LogP contribution is -2.12. The number of hydrogen-bond acceptors (Lipinski definition) is 10. The number of esters is 2. The van der Waals surface area contributed by atoms with E-state index < -0.39 is 11.9 Å². The number of aliphatic imine (C=N–C) groups is 2. The van der Waals surface area contributed by atoms with E-state index in [4.69, 9.17) is 18.9 Å². The summed E-state index contributed by atoms with van der Waals surface area (Å²) in [6.45, 7) is 5.62. The van der Waals surface area contributed by atoms with Gasteiger partial charge in [-0.3, -0.25) is 9.98 Å². The Bertz CT molecular complexity index is 2010. The van der Waals surface area contributed by atoms with E-state index in [1.165, 1.54) is 63.5 Å². The van der Waals surface area contributed by atoms with E-state index in [2.05, 4.69) is 23.8 Å². The van der Waals surface area contributed by atoms with Crippen LogP contribution in [0.5, 0.6) is 34.5 Å². The number of hydrogen-bond donors (Lipinski definition) is 2. The molecule has 2 N–H and O–H groups in total. The van der Waals surface area contributed by atoms with Gasteiger partial charge in [-0.1, -0.05) is 90.2 Å². The maximum absolute atomic E-state index is 13.1. The number of rotatable bonds is 24. The van der Waals surface area contributed by atoms with Gasteiger partial charge >= 0.3 is 11.9 Å². The zero-order valence-corrected chi connectivity index (χ0v) is 34.7. The highest BCUT2D eigenvalue weighted by Crippen LogP contribution is 2.30. The summed E-state index contributed by atoms with van der Waals surface area (Å²) in [5, 5.41) is 21.0. The highest BCUT2D eigenvalue weighted by molar-refractivity contribution is 5.94. The number of unbranched alkanes of at least 4 members (excludes halogenated alkanes) is 10. The summed E-state index contributed by atoms with van der Waals surface area (Å²) in [6.07, 6.45) is 17.2. The first-order valence-electron chi connectivity index (χ1n) is 21.1. The second kappa shape index (κ2) is 24.5. The van der Waals surface area contributed by atoms with Crippen LogP contribution in [0.4, 0.5) is 11.4 Å². The van der Waals surface area contributed by atoms with Crippen LogP contribution in [-0.4, -0.2) is 47.8 Å². The fourth-order valence-corrected chi connectivity index (χ4v) is 6.18. The van der Waals surface area contributed by atoms with Gasteiger partial charge in [-0.2, -0.15) is 0 Å². The highest BCUT2D eigenvalue weighted by Gasteiger charge is 2.16. The number of phenolic OH excluding ortho intramolecular Hbond substituents is 2. The largest absolute Gasteiger partial charge is 0.507 e. The van der Waals surface area contributed by atoms with Crippen molar-refractivity contribution in [3.63, 3.8) is 0 Å². The summed E-state index contributed by atoms with van der Waals surface area (Å²) >= 11 is 0. The predicted octanol–water partition coefficient (Wildman–Crippen LogP) is 12.5. The molecule has 0 aliphatic carbocycles. The van der Waals surface area contributed by atoms with Crippen molar-refractivity contribution in [1.82, 2.24) is 0 Å². The molecule has 0 aliphatic rings. The van der Waals surface area contributed by atoms with E-state index in [-0.39, 0.29) is 34.1 Å². The molecule has 60 heavy (non-hydrogen) atoms. The van der Waals surface area contributed by atoms with E-state index >= 15 is 0 Å². The second-order valence-electron chi connectivity index (χ2n) is 14.5. The molecule has 0 amide bonds. The number of carbonyl (C=O) groups excluding carboxylic acids is 2. The van der Waals surface area contributed by atoms with Crippen LogP contribution in [0.3, 0.4) is 0 Å². The van der Waals surface area contributed by atoms with Crippen LogP contribution < -0.4 is 18.9 Å². The second-order valence-corrected chi connectivity index (χ2v) is 14.5. The summed E-state index contributed by atoms with van der Waals surface area (Å²) in [6, 6.07) is 29.7. The third-order valence-electron chi connectivity index (χ3n) is 9.70. The molecule has 0 heterocycles. The fourth-order valence-electron chi connectivity index (χ4n) is 6.18. The molecule has 0 radical (unpaired) electrons. The normalized spacial score (nSPS) is 11.2. The molecule has 0 bridgehead atoms. The summed E-state index contributed by atoms with van der Waals surface area (Å²) < 4.78 is 22.8. The molecule has 5 aromatic carbocycles. The number of carbonyl (C=O) groups is 2. The van der Waals surface area contributed by atoms with E-state index in [0.717, 1.165) is 25.7 Å². The van der Waals surface area contributed by atoms with E-state index in [9.17, 15) is 19.8 Å². The van der Waals surface area contributed by atoms with Gasteiger partial charge in [0, 0.05) is 35.7 Å². The molecule has 0 aliphatic heterocycles. The van der Waals surface area contributed by atoms with Crippen LogP contribution in [0.1, 0.15) is 123 Å². The third-order valence-corrected chi connectivity index (χ3v) is 9.70. The minimum absolute atomic E-state index is 0.0596. The smallest absolute Gasteiger partial charge is 0.343 e. The first-order valence-corrected chi connectivity index (χ1v) is 21.1. The summed E-state index contributed by atoms with van der Waals surface area (Å²) in [5.74, 6) is 0.199. The zero-order valence-electron chi connectivity index (χ0n) is 34.7. The molecule has 0 saturated heterocycles. The van der Waals surface area contributed by atoms with E-state index in [1.54, 1.807) is 109 Å². The van der Waals surface area contributed by atoms with Crippen molar-refractivity contribution in [2.75, 3.05) is 13.2 Å². The van der Waals surface area contributed by atoms with Crippen molar-refractivity contribution in [1.29, 1.82) is 0 Å². The van der Waals surface area contributed by atoms with Crippen LogP contribution in [0, 0.1) is 0 Å². The molecule has 314 valence electrons. The third kappa shape index (κ3) is 14.8. The van der Waals surface area contributed by atoms with Gasteiger partial charge in [-0.05, 0) is 97.8 Å². The number of nitrogens with zero attached hydrogens (tertiary/aromatic N) is 2. The van der Waals surface area contributed by atoms with E-state index in [1.807, 2.05) is 0 Å². The Morgan fingerprint density at radius 2 is 0.883 bits per heavy atom. The van der Waals surface area contributed by atoms with Crippen molar-refractivity contribution in [3.05, 3.63) is 131 Å². The Kier molecular flexibility index (Phi) is 18.2. The number of phenols is 2. The maximum atomic E-state index is 13.1. The van der Waals surface area contributed by atoms with Crippen LogP contribution in [0.2, 0.25) is 0 Å². The lowest BCUT2D eigenvalue weighted by Gasteiger charge is -2.10. The molecule has 0 saturated carbocycles. The molecule has 10 nitrogen and oxygen atoms in total. The minimum atomic E-state index is -0.646. The van der Waals surface area contributed by atoms with Gasteiger partial charge in [0.15, 0.2) is 11.5 Å². The van der Waals surface area contributed by atoms with Gasteiger partial charge in [-0.25, -0.2) is 9.59 Å². The molecular weight excluding hydrogens is 757 g/mol. The molecule has 0 fully saturated rings. The average molecular weight is 813 g/mol. The quantitative estimate of drug-likeness (QED) is 0.0272. The minimum Gasteiger partial charge on any atom is -0.507 e. The molecule has 0 atom stereocenters. The molecule has 0 unspecified atom stereocenters. The summed E-state index contributed by atoms with van der Waals surface area (Å²) in [5.41, 5.74) is 2.73. The van der Waals surface area contributed by atoms with Crippen molar-refractivity contribution in [3.8, 4) is 34.5 Å². The SMILES string of the molecule is CCCCCCCCOc1ccc(C=Nc2ccc(C(=O)Oc3ccccc3OC(=O)c3ccc(N=Cc4ccc(OCCCCCCCC)cc4O)cc3)cc2)c(O)c1. The Morgan fingerprint density at radius 3 is 1.27 bits per heavy atom. The Morgan fingerprint density at radius 1 is 0.500 bits per heavy atom. The fraction of sp³-hybridized carbons (Fsp3) is 0.320. The van der Waals surface area contributed by atoms with Crippen molar-refractivity contribution in [2.24, 2.45) is 9.98 Å². The molecule has 0 aromatic heterocycles. The molecular formula is C50H56N2O8. The van der Waals surface area contributed by atoms with Crippen molar-refractivity contribution < 1.29 is 38.7 Å². The average Bonchev–Trinajstić information content (AvgIpc) is 3.26. The Labute approximate surface area is 353 Å². The highest BCUT2D eigenvalue weighted by atomic mass is 16.6. The topological polar surface area (TPSA) is 136 Å².